The van der Waals surface area contributed by atoms with Crippen LogP contribution in [0.5, 0.6) is 0 Å². The minimum atomic E-state index is -0.618. The van der Waals surface area contributed by atoms with Crippen molar-refractivity contribution in [3.8, 4) is 0 Å². The quantitative estimate of drug-likeness (QED) is 0.390. The lowest BCUT2D eigenvalue weighted by Crippen LogP contribution is -2.44. The molecule has 1 aliphatic carbocycles. The number of hydrogen-bond acceptors (Lipinski definition) is 7. The molecule has 0 aromatic carbocycles. The first kappa shape index (κ1) is 24.1. The highest BCUT2D eigenvalue weighted by Crippen LogP contribution is 2.29. The predicted molar refractivity (Wildman–Crippen MR) is 134 cm³/mol. The van der Waals surface area contributed by atoms with Crippen LogP contribution < -0.4 is 16.0 Å². The first-order chi connectivity index (χ1) is 16.5. The Morgan fingerprint density at radius 3 is 2.76 bits per heavy atom. The van der Waals surface area contributed by atoms with Gasteiger partial charge in [0, 0.05) is 17.6 Å². The van der Waals surface area contributed by atoms with E-state index in [0.29, 0.717) is 34.5 Å². The highest BCUT2D eigenvalue weighted by molar-refractivity contribution is 7.14. The Hall–Kier alpha value is -3.04. The molecule has 0 bridgehead atoms. The summed E-state index contributed by atoms with van der Waals surface area (Å²) in [6, 6.07) is 6.59. The van der Waals surface area contributed by atoms with Crippen LogP contribution in [0.25, 0.3) is 0 Å². The molecule has 3 aromatic heterocycles. The number of carbonyl (C=O) groups excluding carboxylic acids is 2. The van der Waals surface area contributed by atoms with Gasteiger partial charge in [-0.2, -0.15) is 10.2 Å². The molecule has 0 spiro atoms. The molecule has 1 saturated carbocycles. The van der Waals surface area contributed by atoms with Gasteiger partial charge in [-0.1, -0.05) is 37.3 Å². The SMILES string of the molecule is Cc1ncc(Cl)cc1NCc1ccc(C(=O)N[C@@H](CC2CCCC2)C(=O)Nc2ccnnc2)s1. The molecule has 1 aliphatic rings. The van der Waals surface area contributed by atoms with Gasteiger partial charge in [0.05, 0.1) is 39.4 Å². The van der Waals surface area contributed by atoms with Gasteiger partial charge in [-0.3, -0.25) is 14.6 Å². The Morgan fingerprint density at radius 2 is 2.00 bits per heavy atom. The normalized spacial score (nSPS) is 14.5. The van der Waals surface area contributed by atoms with Crippen molar-refractivity contribution in [2.24, 2.45) is 5.92 Å². The molecule has 2 amide bonds. The molecule has 0 saturated heterocycles. The summed E-state index contributed by atoms with van der Waals surface area (Å²) in [7, 11) is 0. The van der Waals surface area contributed by atoms with Gasteiger partial charge in [-0.05, 0) is 43.5 Å². The van der Waals surface area contributed by atoms with E-state index in [1.807, 2.05) is 19.1 Å². The molecule has 0 radical (unpaired) electrons. The Balaban J connectivity index is 1.39. The van der Waals surface area contributed by atoms with Crippen molar-refractivity contribution < 1.29 is 9.59 Å². The van der Waals surface area contributed by atoms with Crippen molar-refractivity contribution in [1.29, 1.82) is 0 Å². The molecular formula is C24H27ClN6O2S. The minimum Gasteiger partial charge on any atom is -0.379 e. The average molecular weight is 499 g/mol. The number of nitrogens with zero attached hydrogens (tertiary/aromatic N) is 3. The van der Waals surface area contributed by atoms with Gasteiger partial charge in [-0.25, -0.2) is 0 Å². The molecule has 3 aromatic rings. The van der Waals surface area contributed by atoms with E-state index in [-0.39, 0.29) is 11.8 Å². The summed E-state index contributed by atoms with van der Waals surface area (Å²) in [6.07, 6.45) is 9.75. The maximum absolute atomic E-state index is 13.0. The van der Waals surface area contributed by atoms with Crippen LogP contribution in [-0.4, -0.2) is 33.0 Å². The molecule has 1 fully saturated rings. The summed E-state index contributed by atoms with van der Waals surface area (Å²) >= 11 is 7.43. The summed E-state index contributed by atoms with van der Waals surface area (Å²) < 4.78 is 0. The maximum atomic E-state index is 13.0. The fraction of sp³-hybridized carbons (Fsp3) is 0.375. The van der Waals surface area contributed by atoms with E-state index in [9.17, 15) is 9.59 Å². The molecule has 0 aliphatic heterocycles. The second kappa shape index (κ2) is 11.4. The molecule has 0 unspecified atom stereocenters. The van der Waals surface area contributed by atoms with Crippen LogP contribution in [0.3, 0.4) is 0 Å². The summed E-state index contributed by atoms with van der Waals surface area (Å²) in [6.45, 7) is 2.45. The highest BCUT2D eigenvalue weighted by Gasteiger charge is 2.27. The van der Waals surface area contributed by atoms with Crippen molar-refractivity contribution in [3.63, 3.8) is 0 Å². The van der Waals surface area contributed by atoms with Gasteiger partial charge in [-0.15, -0.1) is 11.3 Å². The second-order valence-corrected chi connectivity index (χ2v) is 10.0. The Labute approximate surface area is 207 Å². The van der Waals surface area contributed by atoms with E-state index in [1.54, 1.807) is 18.3 Å². The maximum Gasteiger partial charge on any atom is 0.262 e. The second-order valence-electron chi connectivity index (χ2n) is 8.44. The molecule has 3 heterocycles. The number of rotatable bonds is 9. The van der Waals surface area contributed by atoms with Crippen LogP contribution in [0.15, 0.2) is 42.9 Å². The Kier molecular flexibility index (Phi) is 8.08. The van der Waals surface area contributed by atoms with Crippen LogP contribution in [0, 0.1) is 12.8 Å². The van der Waals surface area contributed by atoms with Gasteiger partial charge in [0.2, 0.25) is 5.91 Å². The predicted octanol–water partition coefficient (Wildman–Crippen LogP) is 4.82. The number of nitrogens with one attached hydrogen (secondary N) is 3. The highest BCUT2D eigenvalue weighted by atomic mass is 35.5. The van der Waals surface area contributed by atoms with Crippen LogP contribution in [0.1, 0.15) is 52.3 Å². The Bertz CT molecular complexity index is 1130. The third kappa shape index (κ3) is 6.51. The number of carbonyl (C=O) groups is 2. The van der Waals surface area contributed by atoms with E-state index in [2.05, 4.69) is 31.1 Å². The van der Waals surface area contributed by atoms with Crippen LogP contribution in [0.2, 0.25) is 5.02 Å². The third-order valence-corrected chi connectivity index (χ3v) is 7.20. The van der Waals surface area contributed by atoms with Crippen LogP contribution >= 0.6 is 22.9 Å². The zero-order valence-electron chi connectivity index (χ0n) is 18.9. The molecule has 8 nitrogen and oxygen atoms in total. The molecule has 178 valence electrons. The molecule has 34 heavy (non-hydrogen) atoms. The summed E-state index contributed by atoms with van der Waals surface area (Å²) in [4.78, 5) is 31.8. The molecular weight excluding hydrogens is 472 g/mol. The van der Waals surface area contributed by atoms with E-state index < -0.39 is 6.04 Å². The lowest BCUT2D eigenvalue weighted by molar-refractivity contribution is -0.118. The topological polar surface area (TPSA) is 109 Å². The Morgan fingerprint density at radius 1 is 1.18 bits per heavy atom. The number of halogens is 1. The van der Waals surface area contributed by atoms with E-state index in [4.69, 9.17) is 11.6 Å². The summed E-state index contributed by atoms with van der Waals surface area (Å²) in [5.74, 6) is -0.0530. The van der Waals surface area contributed by atoms with Crippen molar-refractivity contribution in [3.05, 3.63) is 63.3 Å². The van der Waals surface area contributed by atoms with Gasteiger partial charge in [0.1, 0.15) is 6.04 Å². The van der Waals surface area contributed by atoms with Crippen molar-refractivity contribution in [2.45, 2.75) is 51.6 Å². The summed E-state index contributed by atoms with van der Waals surface area (Å²) in [5, 5.41) is 17.2. The van der Waals surface area contributed by atoms with Gasteiger partial charge in [0.25, 0.3) is 5.91 Å². The number of anilines is 2. The monoisotopic (exact) mass is 498 g/mol. The minimum absolute atomic E-state index is 0.240. The molecule has 1 atom stereocenters. The number of hydrogen-bond donors (Lipinski definition) is 3. The van der Waals surface area contributed by atoms with E-state index in [1.165, 1.54) is 36.6 Å². The lowest BCUT2D eigenvalue weighted by atomic mass is 9.97. The van der Waals surface area contributed by atoms with Crippen molar-refractivity contribution in [2.75, 3.05) is 10.6 Å². The first-order valence-electron chi connectivity index (χ1n) is 11.3. The lowest BCUT2D eigenvalue weighted by Gasteiger charge is -2.21. The van der Waals surface area contributed by atoms with E-state index in [0.717, 1.165) is 29.1 Å². The smallest absolute Gasteiger partial charge is 0.262 e. The number of thiophene rings is 1. The fourth-order valence-corrected chi connectivity index (χ4v) is 5.11. The number of aryl methyl sites for hydroxylation is 1. The van der Waals surface area contributed by atoms with Crippen LogP contribution in [0.4, 0.5) is 11.4 Å². The van der Waals surface area contributed by atoms with Gasteiger partial charge < -0.3 is 16.0 Å². The number of aromatic nitrogens is 3. The van der Waals surface area contributed by atoms with Crippen LogP contribution in [-0.2, 0) is 11.3 Å². The number of pyridine rings is 1. The molecule has 10 heteroatoms. The zero-order chi connectivity index (χ0) is 23.9. The largest absolute Gasteiger partial charge is 0.379 e. The van der Waals surface area contributed by atoms with Crippen molar-refractivity contribution in [1.82, 2.24) is 20.5 Å². The van der Waals surface area contributed by atoms with Crippen molar-refractivity contribution >= 4 is 46.1 Å². The molecule has 3 N–H and O–H groups in total. The van der Waals surface area contributed by atoms with Gasteiger partial charge >= 0.3 is 0 Å². The fourth-order valence-electron chi connectivity index (χ4n) is 4.10. The summed E-state index contributed by atoms with van der Waals surface area (Å²) in [5.41, 5.74) is 2.26. The average Bonchev–Trinajstić information content (AvgIpc) is 3.52. The standard InChI is InChI=1S/C24H27ClN6O2S/c1-15-20(11-17(25)12-26-15)27-14-19-6-7-22(34-19)24(33)31-21(10-16-4-2-3-5-16)23(32)30-18-8-9-28-29-13-18/h6-9,11-13,16,21,27H,2-5,10,14H2,1H3,(H,31,33)(H,28,30,32)/t21-/m0/s1. The van der Waals surface area contributed by atoms with E-state index >= 15 is 0 Å². The van der Waals surface area contributed by atoms with Gasteiger partial charge in [0.15, 0.2) is 0 Å². The molecule has 4 rings (SSSR count). The zero-order valence-corrected chi connectivity index (χ0v) is 20.5. The third-order valence-electron chi connectivity index (χ3n) is 5.91. The number of amides is 2. The first-order valence-corrected chi connectivity index (χ1v) is 12.5.